The molecule has 5 heteroatoms. The van der Waals surface area contributed by atoms with Gasteiger partial charge >= 0.3 is 0 Å². The average molecular weight is 301 g/mol. The van der Waals surface area contributed by atoms with E-state index in [4.69, 9.17) is 0 Å². The summed E-state index contributed by atoms with van der Waals surface area (Å²) in [7, 11) is 0. The summed E-state index contributed by atoms with van der Waals surface area (Å²) in [5.41, 5.74) is 2.06. The molecule has 0 spiro atoms. The van der Waals surface area contributed by atoms with Gasteiger partial charge in [0, 0.05) is 11.4 Å². The fourth-order valence-corrected chi connectivity index (χ4v) is 1.79. The highest BCUT2D eigenvalue weighted by Gasteiger charge is 2.06. The lowest BCUT2D eigenvalue weighted by atomic mass is 10.2. The number of aryl methyl sites for hydroxylation is 2. The van der Waals surface area contributed by atoms with E-state index >= 15 is 0 Å². The van der Waals surface area contributed by atoms with E-state index < -0.39 is 0 Å². The van der Waals surface area contributed by atoms with Crippen LogP contribution in [-0.2, 0) is 12.8 Å². The minimum Gasteiger partial charge on any atom is -0.353 e. The Morgan fingerprint density at radius 1 is 1.12 bits per heavy atom. The molecule has 0 aliphatic rings. The highest BCUT2D eigenvalue weighted by molar-refractivity contribution is 9.09. The molecule has 0 bridgehead atoms. The molecule has 0 radical (unpaired) electrons. The summed E-state index contributed by atoms with van der Waals surface area (Å²) in [6.45, 7) is 7.22. The van der Waals surface area contributed by atoms with Gasteiger partial charge in [-0.2, -0.15) is 5.10 Å². The van der Waals surface area contributed by atoms with E-state index in [1.54, 1.807) is 0 Å². The van der Waals surface area contributed by atoms with Crippen LogP contribution in [0, 0.1) is 0 Å². The Kier molecular flexibility index (Phi) is 6.40. The maximum atomic E-state index is 4.48. The first kappa shape index (κ1) is 14.4. The third kappa shape index (κ3) is 4.58. The molecular formula is C12H21BrN4. The molecule has 1 rings (SSSR count). The molecule has 0 amide bonds. The maximum absolute atomic E-state index is 4.48. The zero-order valence-corrected chi connectivity index (χ0v) is 12.4. The van der Waals surface area contributed by atoms with Crippen molar-refractivity contribution in [1.29, 1.82) is 0 Å². The van der Waals surface area contributed by atoms with Gasteiger partial charge in [-0.15, -0.1) is 5.10 Å². The highest BCUT2D eigenvalue weighted by atomic mass is 79.9. The topological polar surface area (TPSA) is 50.7 Å². The molecule has 0 aliphatic heterocycles. The van der Waals surface area contributed by atoms with Gasteiger partial charge in [-0.25, -0.2) is 4.98 Å². The van der Waals surface area contributed by atoms with Crippen molar-refractivity contribution in [3.8, 4) is 0 Å². The number of aromatic nitrogens is 3. The summed E-state index contributed by atoms with van der Waals surface area (Å²) in [5, 5.41) is 11.5. The van der Waals surface area contributed by atoms with Gasteiger partial charge in [0.25, 0.3) is 0 Å². The summed E-state index contributed by atoms with van der Waals surface area (Å²) in [6.07, 6.45) is 4.00. The van der Waals surface area contributed by atoms with Crippen molar-refractivity contribution in [2.75, 3.05) is 11.9 Å². The van der Waals surface area contributed by atoms with Crippen LogP contribution in [0.2, 0.25) is 0 Å². The van der Waals surface area contributed by atoms with E-state index in [9.17, 15) is 0 Å². The zero-order chi connectivity index (χ0) is 12.7. The zero-order valence-electron chi connectivity index (χ0n) is 10.8. The standard InChI is InChI=1S/C12H21BrN4/c1-4-9(13)7-8-14-12-15-10(5-2)11(6-3)16-17-12/h9H,4-8H2,1-3H3,(H,14,15,17). The van der Waals surface area contributed by atoms with E-state index in [1.165, 1.54) is 0 Å². The van der Waals surface area contributed by atoms with Crippen molar-refractivity contribution in [3.05, 3.63) is 11.4 Å². The molecule has 4 nitrogen and oxygen atoms in total. The summed E-state index contributed by atoms with van der Waals surface area (Å²) in [5.74, 6) is 0.648. The van der Waals surface area contributed by atoms with E-state index in [1.807, 2.05) is 0 Å². The van der Waals surface area contributed by atoms with Crippen LogP contribution < -0.4 is 5.32 Å². The number of nitrogens with zero attached hydrogens (tertiary/aromatic N) is 3. The van der Waals surface area contributed by atoms with Gasteiger partial charge in [-0.1, -0.05) is 36.7 Å². The number of rotatable bonds is 7. The summed E-state index contributed by atoms with van der Waals surface area (Å²) >= 11 is 3.60. The number of halogens is 1. The third-order valence-corrected chi connectivity index (χ3v) is 3.80. The third-order valence-electron chi connectivity index (χ3n) is 2.69. The summed E-state index contributed by atoms with van der Waals surface area (Å²) in [6, 6.07) is 0. The Labute approximate surface area is 112 Å². The van der Waals surface area contributed by atoms with E-state index in [0.29, 0.717) is 10.8 Å². The van der Waals surface area contributed by atoms with Crippen molar-refractivity contribution in [3.63, 3.8) is 0 Å². The molecule has 1 N–H and O–H groups in total. The van der Waals surface area contributed by atoms with Gasteiger partial charge in [0.1, 0.15) is 0 Å². The molecule has 0 saturated carbocycles. The molecule has 1 unspecified atom stereocenters. The molecule has 1 heterocycles. The lowest BCUT2D eigenvalue weighted by molar-refractivity contribution is 0.759. The SMILES string of the molecule is CCc1nnc(NCCC(Br)CC)nc1CC. The number of alkyl halides is 1. The Hall–Kier alpha value is -0.710. The molecule has 1 aromatic rings. The smallest absolute Gasteiger partial charge is 0.242 e. The van der Waals surface area contributed by atoms with Crippen LogP contribution in [-0.4, -0.2) is 26.6 Å². The average Bonchev–Trinajstić information content (AvgIpc) is 2.38. The molecule has 0 fully saturated rings. The van der Waals surface area contributed by atoms with Crippen LogP contribution in [0.4, 0.5) is 5.95 Å². The first-order chi connectivity index (χ1) is 8.21. The molecule has 0 aromatic carbocycles. The van der Waals surface area contributed by atoms with Gasteiger partial charge in [0.05, 0.1) is 11.4 Å². The van der Waals surface area contributed by atoms with Gasteiger partial charge in [-0.3, -0.25) is 0 Å². The normalized spacial score (nSPS) is 12.5. The molecule has 0 saturated heterocycles. The molecule has 0 aliphatic carbocycles. The van der Waals surface area contributed by atoms with E-state index in [0.717, 1.165) is 43.6 Å². The van der Waals surface area contributed by atoms with Crippen LogP contribution >= 0.6 is 15.9 Å². The highest BCUT2D eigenvalue weighted by Crippen LogP contribution is 2.10. The lowest BCUT2D eigenvalue weighted by Crippen LogP contribution is -2.12. The summed E-state index contributed by atoms with van der Waals surface area (Å²) in [4.78, 5) is 5.04. The number of hydrogen-bond donors (Lipinski definition) is 1. The molecular weight excluding hydrogens is 280 g/mol. The molecule has 96 valence electrons. The van der Waals surface area contributed by atoms with Gasteiger partial charge in [0.2, 0.25) is 5.95 Å². The van der Waals surface area contributed by atoms with E-state index in [-0.39, 0.29) is 0 Å². The Balaban J connectivity index is 2.54. The minimum atomic E-state index is 0.559. The first-order valence-electron chi connectivity index (χ1n) is 6.31. The van der Waals surface area contributed by atoms with E-state index in [2.05, 4.69) is 57.2 Å². The molecule has 1 aromatic heterocycles. The Bertz CT molecular complexity index is 343. The second kappa shape index (κ2) is 7.58. The largest absolute Gasteiger partial charge is 0.353 e. The second-order valence-corrected chi connectivity index (χ2v) is 5.25. The monoisotopic (exact) mass is 300 g/mol. The fourth-order valence-electron chi connectivity index (χ4n) is 1.56. The van der Waals surface area contributed by atoms with Gasteiger partial charge < -0.3 is 5.32 Å². The van der Waals surface area contributed by atoms with Crippen LogP contribution in [0.25, 0.3) is 0 Å². The van der Waals surface area contributed by atoms with Crippen LogP contribution in [0.3, 0.4) is 0 Å². The van der Waals surface area contributed by atoms with Crippen LogP contribution in [0.1, 0.15) is 45.0 Å². The van der Waals surface area contributed by atoms with Crippen molar-refractivity contribution < 1.29 is 0 Å². The number of nitrogens with one attached hydrogen (secondary N) is 1. The van der Waals surface area contributed by atoms with Crippen molar-refractivity contribution >= 4 is 21.9 Å². The Morgan fingerprint density at radius 3 is 2.41 bits per heavy atom. The van der Waals surface area contributed by atoms with Gasteiger partial charge in [0.15, 0.2) is 0 Å². The van der Waals surface area contributed by atoms with Crippen molar-refractivity contribution in [1.82, 2.24) is 15.2 Å². The maximum Gasteiger partial charge on any atom is 0.242 e. The lowest BCUT2D eigenvalue weighted by Gasteiger charge is -2.09. The molecule has 17 heavy (non-hydrogen) atoms. The second-order valence-electron chi connectivity index (χ2n) is 3.96. The molecule has 1 atom stereocenters. The van der Waals surface area contributed by atoms with Gasteiger partial charge in [-0.05, 0) is 25.7 Å². The number of anilines is 1. The fraction of sp³-hybridized carbons (Fsp3) is 0.750. The predicted octanol–water partition coefficient (Wildman–Crippen LogP) is 2.97. The first-order valence-corrected chi connectivity index (χ1v) is 7.23. The van der Waals surface area contributed by atoms with Crippen molar-refractivity contribution in [2.45, 2.75) is 51.3 Å². The quantitative estimate of drug-likeness (QED) is 0.787. The van der Waals surface area contributed by atoms with Crippen molar-refractivity contribution in [2.24, 2.45) is 0 Å². The van der Waals surface area contributed by atoms with Crippen LogP contribution in [0.5, 0.6) is 0 Å². The minimum absolute atomic E-state index is 0.559. The predicted molar refractivity (Wildman–Crippen MR) is 74.7 cm³/mol. The number of hydrogen-bond acceptors (Lipinski definition) is 4. The van der Waals surface area contributed by atoms with Crippen LogP contribution in [0.15, 0.2) is 0 Å². The summed E-state index contributed by atoms with van der Waals surface area (Å²) < 4.78 is 0. The Morgan fingerprint density at radius 2 is 1.82 bits per heavy atom.